The third-order valence-electron chi connectivity index (χ3n) is 5.25. The van der Waals surface area contributed by atoms with Gasteiger partial charge >= 0.3 is 0 Å². The lowest BCUT2D eigenvalue weighted by Crippen LogP contribution is -2.48. The van der Waals surface area contributed by atoms with Gasteiger partial charge in [0.2, 0.25) is 10.0 Å². The Morgan fingerprint density at radius 3 is 2.41 bits per heavy atom. The average molecular weight is 475 g/mol. The number of carbonyl (C=O) groups is 1. The van der Waals surface area contributed by atoms with Gasteiger partial charge in [0.1, 0.15) is 4.90 Å². The first-order valence-corrected chi connectivity index (χ1v) is 12.2. The summed E-state index contributed by atoms with van der Waals surface area (Å²) in [6, 6.07) is 12.1. The van der Waals surface area contributed by atoms with Crippen LogP contribution in [0.2, 0.25) is 5.02 Å². The number of halogens is 1. The van der Waals surface area contributed by atoms with Crippen LogP contribution < -0.4 is 0 Å². The molecule has 1 fully saturated rings. The van der Waals surface area contributed by atoms with E-state index in [1.54, 1.807) is 0 Å². The standard InChI is InChI=1S/C24H27ClN2O4S/c1-5-12-26(16-20-8-6-17(2)7-9-20)24(28)21-10-11-22(25)23(13-21)32(29,30)27-14-18(3)31-19(4)15-27/h1,6-11,13,18-19H,12,14-16H2,2-4H3. The number of sulfonamides is 1. The summed E-state index contributed by atoms with van der Waals surface area (Å²) >= 11 is 6.27. The molecule has 1 aliphatic rings. The number of rotatable bonds is 6. The molecule has 2 unspecified atom stereocenters. The minimum absolute atomic E-state index is 0.0652. The second-order valence-corrected chi connectivity index (χ2v) is 10.4. The van der Waals surface area contributed by atoms with E-state index in [2.05, 4.69) is 5.92 Å². The highest BCUT2D eigenvalue weighted by molar-refractivity contribution is 7.89. The van der Waals surface area contributed by atoms with Crippen molar-refractivity contribution in [3.05, 3.63) is 64.2 Å². The monoisotopic (exact) mass is 474 g/mol. The fraction of sp³-hybridized carbons (Fsp3) is 0.375. The molecule has 0 radical (unpaired) electrons. The van der Waals surface area contributed by atoms with Crippen molar-refractivity contribution in [3.8, 4) is 12.3 Å². The fourth-order valence-electron chi connectivity index (χ4n) is 3.71. The second-order valence-electron chi connectivity index (χ2n) is 8.08. The zero-order chi connectivity index (χ0) is 23.5. The van der Waals surface area contributed by atoms with Crippen LogP contribution in [0.15, 0.2) is 47.4 Å². The number of hydrogen-bond donors (Lipinski definition) is 0. The summed E-state index contributed by atoms with van der Waals surface area (Å²) in [5.41, 5.74) is 2.25. The van der Waals surface area contributed by atoms with Crippen molar-refractivity contribution >= 4 is 27.5 Å². The van der Waals surface area contributed by atoms with Crippen LogP contribution in [-0.2, 0) is 21.3 Å². The minimum atomic E-state index is -3.91. The molecule has 1 heterocycles. The van der Waals surface area contributed by atoms with Crippen molar-refractivity contribution in [3.63, 3.8) is 0 Å². The molecular formula is C24H27ClN2O4S. The third kappa shape index (κ3) is 5.51. The first kappa shape index (κ1) is 24.3. The lowest BCUT2D eigenvalue weighted by Gasteiger charge is -2.34. The number of aryl methyl sites for hydroxylation is 1. The number of nitrogens with zero attached hydrogens (tertiary/aromatic N) is 2. The van der Waals surface area contributed by atoms with Crippen LogP contribution in [0.4, 0.5) is 0 Å². The molecule has 170 valence electrons. The van der Waals surface area contributed by atoms with E-state index in [0.717, 1.165) is 11.1 Å². The topological polar surface area (TPSA) is 66.9 Å². The Labute approximate surface area is 195 Å². The van der Waals surface area contributed by atoms with E-state index < -0.39 is 10.0 Å². The van der Waals surface area contributed by atoms with Crippen LogP contribution in [0.25, 0.3) is 0 Å². The van der Waals surface area contributed by atoms with E-state index in [4.69, 9.17) is 22.8 Å². The number of terminal acetylenes is 1. The summed E-state index contributed by atoms with van der Waals surface area (Å²) < 4.78 is 33.6. The van der Waals surface area contributed by atoms with Gasteiger partial charge in [-0.05, 0) is 44.5 Å². The molecule has 1 aliphatic heterocycles. The highest BCUT2D eigenvalue weighted by Crippen LogP contribution is 2.28. The lowest BCUT2D eigenvalue weighted by molar-refractivity contribution is -0.0440. The lowest BCUT2D eigenvalue weighted by atomic mass is 10.1. The Hall–Kier alpha value is -2.37. The number of carbonyl (C=O) groups excluding carboxylic acids is 1. The maximum atomic E-state index is 13.3. The Balaban J connectivity index is 1.91. The predicted octanol–water partition coefficient (Wildman–Crippen LogP) is 3.72. The first-order valence-electron chi connectivity index (χ1n) is 10.3. The third-order valence-corrected chi connectivity index (χ3v) is 7.56. The molecule has 2 aromatic rings. The first-order chi connectivity index (χ1) is 15.1. The molecule has 0 bridgehead atoms. The van der Waals surface area contributed by atoms with E-state index >= 15 is 0 Å². The normalized spacial score (nSPS) is 19.3. The molecule has 8 heteroatoms. The SMILES string of the molecule is C#CCN(Cc1ccc(C)cc1)C(=O)c1ccc(Cl)c(S(=O)(=O)N2CC(C)OC(C)C2)c1. The zero-order valence-corrected chi connectivity index (χ0v) is 20.0. The van der Waals surface area contributed by atoms with Gasteiger partial charge < -0.3 is 9.64 Å². The van der Waals surface area contributed by atoms with Gasteiger partial charge in [-0.15, -0.1) is 6.42 Å². The molecule has 2 aromatic carbocycles. The molecule has 0 aliphatic carbocycles. The van der Waals surface area contributed by atoms with Gasteiger partial charge in [-0.3, -0.25) is 4.79 Å². The summed E-state index contributed by atoms with van der Waals surface area (Å²) in [7, 11) is -3.91. The van der Waals surface area contributed by atoms with Crippen LogP contribution in [0.3, 0.4) is 0 Å². The Kier molecular flexibility index (Phi) is 7.63. The molecule has 6 nitrogen and oxygen atoms in total. The second kappa shape index (κ2) is 10.1. The number of hydrogen-bond acceptors (Lipinski definition) is 4. The molecule has 3 rings (SSSR count). The van der Waals surface area contributed by atoms with Gasteiger partial charge in [-0.2, -0.15) is 4.31 Å². The Bertz CT molecular complexity index is 1120. The van der Waals surface area contributed by atoms with Gasteiger partial charge in [0, 0.05) is 25.2 Å². The van der Waals surface area contributed by atoms with Crippen molar-refractivity contribution in [2.75, 3.05) is 19.6 Å². The molecule has 0 N–H and O–H groups in total. The summed E-state index contributed by atoms with van der Waals surface area (Å²) in [6.45, 7) is 6.48. The number of benzene rings is 2. The summed E-state index contributed by atoms with van der Waals surface area (Å²) in [6.07, 6.45) is 5.01. The maximum absolute atomic E-state index is 13.3. The largest absolute Gasteiger partial charge is 0.373 e. The predicted molar refractivity (Wildman–Crippen MR) is 125 cm³/mol. The van der Waals surface area contributed by atoms with Crippen molar-refractivity contribution in [2.45, 2.75) is 44.4 Å². The average Bonchev–Trinajstić information content (AvgIpc) is 2.74. The van der Waals surface area contributed by atoms with Gasteiger partial charge in [-0.25, -0.2) is 8.42 Å². The summed E-state index contributed by atoms with van der Waals surface area (Å²) in [5.74, 6) is 2.15. The zero-order valence-electron chi connectivity index (χ0n) is 18.4. The fourth-order valence-corrected chi connectivity index (χ4v) is 5.80. The summed E-state index contributed by atoms with van der Waals surface area (Å²) in [5, 5.41) is 0.0652. The molecule has 0 saturated carbocycles. The highest BCUT2D eigenvalue weighted by atomic mass is 35.5. The number of morpholine rings is 1. The van der Waals surface area contributed by atoms with Crippen LogP contribution in [0.1, 0.15) is 35.3 Å². The molecule has 32 heavy (non-hydrogen) atoms. The van der Waals surface area contributed by atoms with Gasteiger partial charge in [-0.1, -0.05) is 47.4 Å². The van der Waals surface area contributed by atoms with E-state index in [-0.39, 0.29) is 53.2 Å². The van der Waals surface area contributed by atoms with E-state index in [1.807, 2.05) is 45.0 Å². The number of amides is 1. The molecule has 2 atom stereocenters. The van der Waals surface area contributed by atoms with Crippen molar-refractivity contribution in [2.24, 2.45) is 0 Å². The van der Waals surface area contributed by atoms with Gasteiger partial charge in [0.25, 0.3) is 5.91 Å². The van der Waals surface area contributed by atoms with Crippen molar-refractivity contribution in [1.29, 1.82) is 0 Å². The summed E-state index contributed by atoms with van der Waals surface area (Å²) in [4.78, 5) is 14.6. The van der Waals surface area contributed by atoms with Crippen LogP contribution in [0.5, 0.6) is 0 Å². The molecule has 1 saturated heterocycles. The molecule has 1 amide bonds. The van der Waals surface area contributed by atoms with Crippen LogP contribution in [0, 0.1) is 19.3 Å². The highest BCUT2D eigenvalue weighted by Gasteiger charge is 2.34. The minimum Gasteiger partial charge on any atom is -0.373 e. The van der Waals surface area contributed by atoms with Crippen molar-refractivity contribution in [1.82, 2.24) is 9.21 Å². The molecule has 0 spiro atoms. The molecule has 0 aromatic heterocycles. The van der Waals surface area contributed by atoms with Gasteiger partial charge in [0.05, 0.1) is 23.8 Å². The van der Waals surface area contributed by atoms with Crippen LogP contribution >= 0.6 is 11.6 Å². The van der Waals surface area contributed by atoms with Crippen LogP contribution in [-0.4, -0.2) is 55.4 Å². The quantitative estimate of drug-likeness (QED) is 0.598. The maximum Gasteiger partial charge on any atom is 0.254 e. The Morgan fingerprint density at radius 2 is 1.81 bits per heavy atom. The van der Waals surface area contributed by atoms with E-state index in [9.17, 15) is 13.2 Å². The Morgan fingerprint density at radius 1 is 1.19 bits per heavy atom. The number of ether oxygens (including phenoxy) is 1. The van der Waals surface area contributed by atoms with E-state index in [1.165, 1.54) is 27.4 Å². The van der Waals surface area contributed by atoms with Gasteiger partial charge in [0.15, 0.2) is 0 Å². The van der Waals surface area contributed by atoms with Crippen molar-refractivity contribution < 1.29 is 17.9 Å². The van der Waals surface area contributed by atoms with E-state index in [0.29, 0.717) is 6.54 Å². The molecular weight excluding hydrogens is 448 g/mol. The smallest absolute Gasteiger partial charge is 0.254 e.